The summed E-state index contributed by atoms with van der Waals surface area (Å²) in [6.07, 6.45) is 1.07. The molecule has 2 aliphatic rings. The second kappa shape index (κ2) is 8.69. The highest BCUT2D eigenvalue weighted by Gasteiger charge is 2.65. The fourth-order valence-corrected chi connectivity index (χ4v) is 5.40. The van der Waals surface area contributed by atoms with E-state index in [0.29, 0.717) is 18.5 Å². The summed E-state index contributed by atoms with van der Waals surface area (Å²) in [5.74, 6) is -1.93. The van der Waals surface area contributed by atoms with Crippen LogP contribution in [-0.2, 0) is 19.9 Å². The van der Waals surface area contributed by atoms with Crippen molar-refractivity contribution in [2.45, 2.75) is 57.7 Å². The number of nitrogens with zero attached hydrogens (tertiary/aromatic N) is 3. The van der Waals surface area contributed by atoms with E-state index >= 15 is 0 Å². The van der Waals surface area contributed by atoms with Gasteiger partial charge in [0, 0.05) is 19.5 Å². The van der Waals surface area contributed by atoms with Crippen LogP contribution >= 0.6 is 0 Å². The summed E-state index contributed by atoms with van der Waals surface area (Å²) >= 11 is 0. The molecule has 4 rings (SSSR count). The molecule has 2 aromatic rings. The van der Waals surface area contributed by atoms with Crippen LogP contribution in [0.3, 0.4) is 0 Å². The standard InChI is InChI=1S/C25H30F2N4O3/c1-6-19(23(33)28-13-20(32)31(4)5)34-25-11-10-15(24(25,2)3)14-12-18(29-30-22(14)25)21-16(26)8-7-9-17(21)27/h7-9,12,15,19H,6,10-11,13H2,1-5H3,(H,28,33)/t15-,19+,25-/m0/s1. The van der Waals surface area contributed by atoms with Crippen molar-refractivity contribution in [2.75, 3.05) is 20.6 Å². The Hall–Kier alpha value is -2.94. The van der Waals surface area contributed by atoms with Crippen LogP contribution in [0.15, 0.2) is 24.3 Å². The SMILES string of the molecule is CC[C@@H](O[C@@]12CC[C@@H](c3cc(-c4c(F)cccc4F)nnc31)C2(C)C)C(=O)NCC(=O)N(C)C. The lowest BCUT2D eigenvalue weighted by molar-refractivity contribution is -0.168. The highest BCUT2D eigenvalue weighted by Crippen LogP contribution is 2.68. The Kier molecular flexibility index (Phi) is 6.18. The van der Waals surface area contributed by atoms with Gasteiger partial charge < -0.3 is 15.0 Å². The van der Waals surface area contributed by atoms with Gasteiger partial charge in [0.05, 0.1) is 23.5 Å². The van der Waals surface area contributed by atoms with Crippen molar-refractivity contribution in [3.05, 3.63) is 47.2 Å². The third-order valence-electron chi connectivity index (χ3n) is 7.42. The molecule has 0 spiro atoms. The maximum atomic E-state index is 14.4. The first kappa shape index (κ1) is 24.2. The zero-order valence-electron chi connectivity index (χ0n) is 20.1. The van der Waals surface area contributed by atoms with Crippen molar-refractivity contribution in [1.82, 2.24) is 20.4 Å². The number of hydrogen-bond acceptors (Lipinski definition) is 5. The van der Waals surface area contributed by atoms with Gasteiger partial charge in [0.15, 0.2) is 0 Å². The first-order valence-electron chi connectivity index (χ1n) is 11.5. The van der Waals surface area contributed by atoms with E-state index in [1.165, 1.54) is 23.1 Å². The molecule has 1 heterocycles. The van der Waals surface area contributed by atoms with Crippen molar-refractivity contribution >= 4 is 11.8 Å². The van der Waals surface area contributed by atoms with Gasteiger partial charge in [-0.3, -0.25) is 9.59 Å². The second-order valence-corrected chi connectivity index (χ2v) is 9.79. The average Bonchev–Trinajstić information content (AvgIpc) is 3.15. The average molecular weight is 473 g/mol. The molecule has 1 saturated carbocycles. The van der Waals surface area contributed by atoms with Gasteiger partial charge in [-0.05, 0) is 48.9 Å². The van der Waals surface area contributed by atoms with Crippen molar-refractivity contribution in [1.29, 1.82) is 0 Å². The van der Waals surface area contributed by atoms with Crippen molar-refractivity contribution in [2.24, 2.45) is 5.41 Å². The van der Waals surface area contributed by atoms with E-state index in [1.807, 2.05) is 6.92 Å². The molecule has 182 valence electrons. The Balaban J connectivity index is 1.67. The summed E-state index contributed by atoms with van der Waals surface area (Å²) in [6.45, 7) is 5.87. The highest BCUT2D eigenvalue weighted by molar-refractivity contribution is 5.86. The lowest BCUT2D eigenvalue weighted by Gasteiger charge is -2.40. The highest BCUT2D eigenvalue weighted by atomic mass is 19.1. The van der Waals surface area contributed by atoms with E-state index in [2.05, 4.69) is 29.4 Å². The number of halogens is 2. The van der Waals surface area contributed by atoms with Gasteiger partial charge in [0.1, 0.15) is 23.3 Å². The number of fused-ring (bicyclic) bond motifs is 5. The molecule has 0 unspecified atom stereocenters. The first-order chi connectivity index (χ1) is 16.0. The van der Waals surface area contributed by atoms with Gasteiger partial charge in [-0.2, -0.15) is 5.10 Å². The predicted molar refractivity (Wildman–Crippen MR) is 122 cm³/mol. The van der Waals surface area contributed by atoms with Crippen molar-refractivity contribution < 1.29 is 23.1 Å². The molecule has 2 aliphatic carbocycles. The van der Waals surface area contributed by atoms with Crippen LogP contribution in [-0.4, -0.2) is 53.7 Å². The third kappa shape index (κ3) is 3.66. The van der Waals surface area contributed by atoms with Crippen LogP contribution in [0.2, 0.25) is 0 Å². The Labute approximate surface area is 197 Å². The van der Waals surface area contributed by atoms with Crippen LogP contribution in [0.5, 0.6) is 0 Å². The summed E-state index contributed by atoms with van der Waals surface area (Å²) in [4.78, 5) is 26.2. The molecule has 0 aliphatic heterocycles. The molecule has 0 saturated heterocycles. The monoisotopic (exact) mass is 472 g/mol. The van der Waals surface area contributed by atoms with E-state index in [9.17, 15) is 18.4 Å². The van der Waals surface area contributed by atoms with Crippen LogP contribution in [0, 0.1) is 17.0 Å². The van der Waals surface area contributed by atoms with Gasteiger partial charge >= 0.3 is 0 Å². The van der Waals surface area contributed by atoms with E-state index in [1.54, 1.807) is 20.2 Å². The molecule has 1 aromatic carbocycles. The largest absolute Gasteiger partial charge is 0.355 e. The fourth-order valence-electron chi connectivity index (χ4n) is 5.40. The van der Waals surface area contributed by atoms with Crippen LogP contribution in [0.25, 0.3) is 11.3 Å². The molecular formula is C25H30F2N4O3. The van der Waals surface area contributed by atoms with E-state index in [4.69, 9.17) is 4.74 Å². The Morgan fingerprint density at radius 3 is 2.53 bits per heavy atom. The third-order valence-corrected chi connectivity index (χ3v) is 7.42. The number of aromatic nitrogens is 2. The number of carbonyl (C=O) groups excluding carboxylic acids is 2. The van der Waals surface area contributed by atoms with E-state index in [0.717, 1.165) is 12.0 Å². The second-order valence-electron chi connectivity index (χ2n) is 9.79. The molecule has 34 heavy (non-hydrogen) atoms. The van der Waals surface area contributed by atoms with E-state index < -0.39 is 28.8 Å². The normalized spacial score (nSPS) is 22.9. The predicted octanol–water partition coefficient (Wildman–Crippen LogP) is 3.53. The van der Waals surface area contributed by atoms with Crippen LogP contribution in [0.4, 0.5) is 8.78 Å². The van der Waals surface area contributed by atoms with Crippen molar-refractivity contribution in [3.8, 4) is 11.3 Å². The van der Waals surface area contributed by atoms with Crippen LogP contribution in [0.1, 0.15) is 57.2 Å². The van der Waals surface area contributed by atoms with Crippen molar-refractivity contribution in [3.63, 3.8) is 0 Å². The number of likely N-dealkylation sites (N-methyl/N-ethyl adjacent to an activating group) is 1. The van der Waals surface area contributed by atoms with E-state index in [-0.39, 0.29) is 35.5 Å². The minimum Gasteiger partial charge on any atom is -0.355 e. The molecule has 1 aromatic heterocycles. The Bertz CT molecular complexity index is 1120. The van der Waals surface area contributed by atoms with Gasteiger partial charge in [-0.1, -0.05) is 26.8 Å². The summed E-state index contributed by atoms with van der Waals surface area (Å²) in [6, 6.07) is 5.40. The summed E-state index contributed by atoms with van der Waals surface area (Å²) in [7, 11) is 3.25. The molecule has 0 radical (unpaired) electrons. The number of hydrogen-bond donors (Lipinski definition) is 1. The zero-order chi connectivity index (χ0) is 24.8. The van der Waals surface area contributed by atoms with Gasteiger partial charge in [0.25, 0.3) is 0 Å². The molecule has 2 amide bonds. The number of nitrogens with one attached hydrogen (secondary N) is 1. The number of rotatable bonds is 7. The first-order valence-corrected chi connectivity index (χ1v) is 11.5. The Morgan fingerprint density at radius 1 is 1.24 bits per heavy atom. The molecule has 3 atom stereocenters. The number of benzene rings is 1. The maximum absolute atomic E-state index is 14.4. The molecule has 2 bridgehead atoms. The number of ether oxygens (including phenoxy) is 1. The fraction of sp³-hybridized carbons (Fsp3) is 0.520. The number of amides is 2. The molecule has 1 N–H and O–H groups in total. The molecule has 1 fully saturated rings. The minimum absolute atomic E-state index is 0.0440. The summed E-state index contributed by atoms with van der Waals surface area (Å²) in [5, 5.41) is 11.2. The smallest absolute Gasteiger partial charge is 0.249 e. The molecular weight excluding hydrogens is 442 g/mol. The molecule has 9 heteroatoms. The summed E-state index contributed by atoms with van der Waals surface area (Å²) in [5.41, 5.74) is 0.121. The quantitative estimate of drug-likeness (QED) is 0.667. The maximum Gasteiger partial charge on any atom is 0.249 e. The summed E-state index contributed by atoms with van der Waals surface area (Å²) < 4.78 is 35.3. The lowest BCUT2D eigenvalue weighted by Crippen LogP contribution is -2.48. The van der Waals surface area contributed by atoms with Crippen LogP contribution < -0.4 is 5.32 Å². The zero-order valence-corrected chi connectivity index (χ0v) is 20.1. The molecule has 7 nitrogen and oxygen atoms in total. The number of carbonyl (C=O) groups is 2. The van der Waals surface area contributed by atoms with Gasteiger partial charge in [0.2, 0.25) is 11.8 Å². The van der Waals surface area contributed by atoms with Gasteiger partial charge in [-0.15, -0.1) is 5.10 Å². The minimum atomic E-state index is -0.865. The topological polar surface area (TPSA) is 84.4 Å². The van der Waals surface area contributed by atoms with Gasteiger partial charge in [-0.25, -0.2) is 8.78 Å². The lowest BCUT2D eigenvalue weighted by atomic mass is 9.77. The Morgan fingerprint density at radius 2 is 1.91 bits per heavy atom.